The molecule has 5 rings (SSSR count). The van der Waals surface area contributed by atoms with Crippen LogP contribution < -0.4 is 4.90 Å². The molecular weight excluding hydrogens is 418 g/mol. The van der Waals surface area contributed by atoms with Gasteiger partial charge in [-0.05, 0) is 68.1 Å². The molecule has 1 aliphatic heterocycles. The standard InChI is InChI=1S/C26H31N3O2S/c1-25(2)19-10-9-17(15-20(19)26(3,4)24(25)31)22(30)16-28-11-13-29(14-12-28)23-18-7-5-6-8-21(18)27-32-23/h5-10,15,22,30H,11-14,16H2,1-4H3. The van der Waals surface area contributed by atoms with Crippen molar-refractivity contribution in [1.29, 1.82) is 0 Å². The smallest absolute Gasteiger partial charge is 0.152 e. The van der Waals surface area contributed by atoms with Crippen LogP contribution in [0.25, 0.3) is 10.9 Å². The first-order chi connectivity index (χ1) is 15.2. The fourth-order valence-corrected chi connectivity index (χ4v) is 6.36. The van der Waals surface area contributed by atoms with E-state index in [1.54, 1.807) is 11.5 Å². The number of aliphatic hydroxyl groups excluding tert-OH is 1. The quantitative estimate of drug-likeness (QED) is 0.644. The highest BCUT2D eigenvalue weighted by molar-refractivity contribution is 7.11. The van der Waals surface area contributed by atoms with Gasteiger partial charge < -0.3 is 10.0 Å². The zero-order valence-electron chi connectivity index (χ0n) is 19.3. The maximum atomic E-state index is 12.9. The predicted octanol–water partition coefficient (Wildman–Crippen LogP) is 4.29. The fourth-order valence-electron chi connectivity index (χ4n) is 5.44. The number of piperazine rings is 1. The number of benzene rings is 2. The summed E-state index contributed by atoms with van der Waals surface area (Å²) in [5, 5.41) is 13.5. The first-order valence-corrected chi connectivity index (χ1v) is 12.2. The Morgan fingerprint density at radius 3 is 2.44 bits per heavy atom. The molecule has 1 atom stereocenters. The van der Waals surface area contributed by atoms with E-state index in [0.29, 0.717) is 6.54 Å². The number of hydrogen-bond donors (Lipinski definition) is 1. The zero-order chi connectivity index (χ0) is 22.7. The van der Waals surface area contributed by atoms with E-state index in [1.165, 1.54) is 10.4 Å². The van der Waals surface area contributed by atoms with Gasteiger partial charge in [-0.2, -0.15) is 4.37 Å². The van der Waals surface area contributed by atoms with E-state index in [4.69, 9.17) is 0 Å². The lowest BCUT2D eigenvalue weighted by molar-refractivity contribution is -0.126. The molecule has 2 aliphatic rings. The van der Waals surface area contributed by atoms with E-state index in [0.717, 1.165) is 48.4 Å². The van der Waals surface area contributed by atoms with Crippen molar-refractivity contribution in [3.05, 3.63) is 59.2 Å². The molecule has 6 heteroatoms. The number of rotatable bonds is 4. The molecule has 0 saturated carbocycles. The minimum Gasteiger partial charge on any atom is -0.387 e. The molecule has 1 N–H and O–H groups in total. The molecule has 1 saturated heterocycles. The molecule has 0 bridgehead atoms. The molecule has 0 spiro atoms. The van der Waals surface area contributed by atoms with Gasteiger partial charge in [0.05, 0.1) is 11.6 Å². The van der Waals surface area contributed by atoms with Gasteiger partial charge in [0.2, 0.25) is 0 Å². The first kappa shape index (κ1) is 21.6. The molecule has 1 unspecified atom stereocenters. The lowest BCUT2D eigenvalue weighted by atomic mass is 9.80. The lowest BCUT2D eigenvalue weighted by Gasteiger charge is -2.36. The summed E-state index contributed by atoms with van der Waals surface area (Å²) in [5.41, 5.74) is 3.13. The van der Waals surface area contributed by atoms with Gasteiger partial charge >= 0.3 is 0 Å². The summed E-state index contributed by atoms with van der Waals surface area (Å²) >= 11 is 1.57. The first-order valence-electron chi connectivity index (χ1n) is 11.4. The van der Waals surface area contributed by atoms with Crippen LogP contribution in [0.1, 0.15) is 50.5 Å². The molecular formula is C26H31N3O2S. The van der Waals surface area contributed by atoms with Crippen LogP contribution in [0.15, 0.2) is 42.5 Å². The number of fused-ring (bicyclic) bond motifs is 2. The average Bonchev–Trinajstić information content (AvgIpc) is 3.27. The van der Waals surface area contributed by atoms with Gasteiger partial charge in [0.15, 0.2) is 5.78 Å². The molecule has 5 nitrogen and oxygen atoms in total. The molecule has 0 radical (unpaired) electrons. The zero-order valence-corrected chi connectivity index (χ0v) is 20.1. The Morgan fingerprint density at radius 2 is 1.69 bits per heavy atom. The van der Waals surface area contributed by atoms with Gasteiger partial charge in [0, 0.05) is 48.9 Å². The summed E-state index contributed by atoms with van der Waals surface area (Å²) in [6.07, 6.45) is -0.564. The van der Waals surface area contributed by atoms with Crippen molar-refractivity contribution >= 4 is 33.2 Å². The van der Waals surface area contributed by atoms with Crippen LogP contribution in [0.5, 0.6) is 0 Å². The third-order valence-corrected chi connectivity index (χ3v) is 8.30. The van der Waals surface area contributed by atoms with Crippen molar-refractivity contribution in [2.24, 2.45) is 0 Å². The third-order valence-electron chi connectivity index (χ3n) is 7.37. The summed E-state index contributed by atoms with van der Waals surface area (Å²) in [5.74, 6) is 0.248. The molecule has 168 valence electrons. The summed E-state index contributed by atoms with van der Waals surface area (Å²) in [7, 11) is 0. The maximum absolute atomic E-state index is 12.9. The number of β-amino-alcohol motifs (C(OH)–C–C–N with tert-alkyl or cyclic N) is 1. The highest BCUT2D eigenvalue weighted by atomic mass is 32.1. The summed E-state index contributed by atoms with van der Waals surface area (Å²) in [6, 6.07) is 14.4. The molecule has 32 heavy (non-hydrogen) atoms. The Bertz CT molecular complexity index is 1170. The average molecular weight is 450 g/mol. The Hall–Kier alpha value is -2.28. The van der Waals surface area contributed by atoms with Crippen LogP contribution in [-0.2, 0) is 15.6 Å². The number of anilines is 1. The van der Waals surface area contributed by atoms with Crippen LogP contribution in [0.3, 0.4) is 0 Å². The number of hydrogen-bond acceptors (Lipinski definition) is 6. The molecule has 1 aromatic heterocycles. The van der Waals surface area contributed by atoms with E-state index in [2.05, 4.69) is 38.4 Å². The van der Waals surface area contributed by atoms with Crippen molar-refractivity contribution in [2.75, 3.05) is 37.6 Å². The Balaban J connectivity index is 1.27. The molecule has 1 fully saturated rings. The number of aliphatic hydroxyl groups is 1. The molecule has 2 heterocycles. The van der Waals surface area contributed by atoms with Crippen molar-refractivity contribution in [1.82, 2.24) is 9.27 Å². The summed E-state index contributed by atoms with van der Waals surface area (Å²) in [4.78, 5) is 17.7. The second-order valence-corrected chi connectivity index (χ2v) is 10.9. The largest absolute Gasteiger partial charge is 0.387 e. The minimum absolute atomic E-state index is 0.248. The van der Waals surface area contributed by atoms with Crippen LogP contribution >= 0.6 is 11.5 Å². The fraction of sp³-hybridized carbons (Fsp3) is 0.462. The second kappa shape index (κ2) is 7.65. The van der Waals surface area contributed by atoms with Gasteiger partial charge in [0.1, 0.15) is 5.00 Å². The Morgan fingerprint density at radius 1 is 1.00 bits per heavy atom. The third kappa shape index (κ3) is 3.36. The number of carbonyl (C=O) groups excluding carboxylic acids is 1. The van der Waals surface area contributed by atoms with E-state index < -0.39 is 16.9 Å². The SMILES string of the molecule is CC1(C)C(=O)C(C)(C)c2cc(C(O)CN3CCN(c4snc5ccccc45)CC3)ccc21. The predicted molar refractivity (Wildman–Crippen MR) is 131 cm³/mol. The lowest BCUT2D eigenvalue weighted by Crippen LogP contribution is -2.47. The van der Waals surface area contributed by atoms with Crippen LogP contribution in [-0.4, -0.2) is 52.9 Å². The van der Waals surface area contributed by atoms with E-state index in [-0.39, 0.29) is 5.78 Å². The van der Waals surface area contributed by atoms with Crippen molar-refractivity contribution in [2.45, 2.75) is 44.6 Å². The van der Waals surface area contributed by atoms with Crippen LogP contribution in [0, 0.1) is 0 Å². The molecule has 3 aromatic rings. The number of Topliss-reactive ketones (excluding diaryl/α,β-unsaturated/α-hetero) is 1. The van der Waals surface area contributed by atoms with E-state index in [1.807, 2.05) is 45.9 Å². The summed E-state index contributed by atoms with van der Waals surface area (Å²) < 4.78 is 4.58. The minimum atomic E-state index is -0.564. The normalized spacial score (nSPS) is 21.2. The van der Waals surface area contributed by atoms with Gasteiger partial charge in [-0.3, -0.25) is 9.69 Å². The number of aromatic nitrogens is 1. The second-order valence-electron chi connectivity index (χ2n) is 10.2. The van der Waals surface area contributed by atoms with Crippen molar-refractivity contribution in [3.8, 4) is 0 Å². The number of carbonyl (C=O) groups is 1. The highest BCUT2D eigenvalue weighted by Gasteiger charge is 2.50. The van der Waals surface area contributed by atoms with E-state index in [9.17, 15) is 9.90 Å². The molecule has 1 aliphatic carbocycles. The number of nitrogens with zero attached hydrogens (tertiary/aromatic N) is 3. The molecule has 2 aromatic carbocycles. The molecule has 0 amide bonds. The monoisotopic (exact) mass is 449 g/mol. The van der Waals surface area contributed by atoms with Gasteiger partial charge in [-0.25, -0.2) is 0 Å². The van der Waals surface area contributed by atoms with E-state index >= 15 is 0 Å². The van der Waals surface area contributed by atoms with Crippen LogP contribution in [0.4, 0.5) is 5.00 Å². The van der Waals surface area contributed by atoms with Gasteiger partial charge in [-0.1, -0.05) is 30.3 Å². The Labute approximate surface area is 193 Å². The summed E-state index contributed by atoms with van der Waals surface area (Å²) in [6.45, 7) is 12.3. The van der Waals surface area contributed by atoms with Gasteiger partial charge in [0.25, 0.3) is 0 Å². The Kier molecular flexibility index (Phi) is 5.15. The highest BCUT2D eigenvalue weighted by Crippen LogP contribution is 2.47. The number of ketones is 1. The van der Waals surface area contributed by atoms with Gasteiger partial charge in [-0.15, -0.1) is 0 Å². The van der Waals surface area contributed by atoms with Crippen LogP contribution in [0.2, 0.25) is 0 Å². The van der Waals surface area contributed by atoms with Crippen molar-refractivity contribution < 1.29 is 9.90 Å². The topological polar surface area (TPSA) is 56.7 Å². The van der Waals surface area contributed by atoms with Crippen molar-refractivity contribution in [3.63, 3.8) is 0 Å². The maximum Gasteiger partial charge on any atom is 0.152 e.